The standard InChI is InChI=1S/C19H35NO3/c1-13-8-7-9-15(20(13)17(22)23-18(2,3)4)14-12-19(5,6)11-10-16(14)21/h13-16,21H,7-12H2,1-6H3. The van der Waals surface area contributed by atoms with E-state index in [2.05, 4.69) is 20.8 Å². The maximum Gasteiger partial charge on any atom is 0.410 e. The largest absolute Gasteiger partial charge is 0.444 e. The molecular weight excluding hydrogens is 290 g/mol. The van der Waals surface area contributed by atoms with Gasteiger partial charge in [0.15, 0.2) is 0 Å². The summed E-state index contributed by atoms with van der Waals surface area (Å²) in [5, 5.41) is 10.6. The van der Waals surface area contributed by atoms with Crippen LogP contribution in [0.25, 0.3) is 0 Å². The van der Waals surface area contributed by atoms with E-state index in [1.165, 1.54) is 0 Å². The second-order valence-corrected chi connectivity index (χ2v) is 9.37. The molecule has 134 valence electrons. The molecule has 0 radical (unpaired) electrons. The minimum absolute atomic E-state index is 0.100. The lowest BCUT2D eigenvalue weighted by molar-refractivity contribution is -0.0579. The molecule has 1 aliphatic carbocycles. The van der Waals surface area contributed by atoms with Gasteiger partial charge in [-0.2, -0.15) is 0 Å². The fourth-order valence-corrected chi connectivity index (χ4v) is 4.30. The van der Waals surface area contributed by atoms with Crippen molar-refractivity contribution in [1.82, 2.24) is 4.90 Å². The van der Waals surface area contributed by atoms with Crippen molar-refractivity contribution in [3.8, 4) is 0 Å². The van der Waals surface area contributed by atoms with Crippen molar-refractivity contribution in [1.29, 1.82) is 0 Å². The first-order valence-electron chi connectivity index (χ1n) is 9.19. The molecule has 0 aromatic rings. The summed E-state index contributed by atoms with van der Waals surface area (Å²) in [5.41, 5.74) is -0.243. The molecule has 1 amide bonds. The number of amides is 1. The average Bonchev–Trinajstić information content (AvgIpc) is 2.39. The first-order chi connectivity index (χ1) is 10.5. The molecular formula is C19H35NO3. The number of aliphatic hydroxyl groups is 1. The van der Waals surface area contributed by atoms with Crippen LogP contribution < -0.4 is 0 Å². The zero-order chi connectivity index (χ0) is 17.4. The molecule has 0 aromatic heterocycles. The van der Waals surface area contributed by atoms with Gasteiger partial charge in [-0.05, 0) is 71.6 Å². The summed E-state index contributed by atoms with van der Waals surface area (Å²) in [4.78, 5) is 14.7. The number of nitrogens with zero attached hydrogens (tertiary/aromatic N) is 1. The lowest BCUT2D eigenvalue weighted by atomic mass is 9.67. The minimum atomic E-state index is -0.483. The molecule has 0 spiro atoms. The van der Waals surface area contributed by atoms with Crippen molar-refractivity contribution >= 4 is 6.09 Å². The maximum absolute atomic E-state index is 12.8. The highest BCUT2D eigenvalue weighted by molar-refractivity contribution is 5.69. The van der Waals surface area contributed by atoms with E-state index in [0.717, 1.165) is 38.5 Å². The van der Waals surface area contributed by atoms with E-state index in [1.54, 1.807) is 0 Å². The molecule has 4 heteroatoms. The summed E-state index contributed by atoms with van der Waals surface area (Å²) in [5.74, 6) is 0.161. The molecule has 1 aliphatic heterocycles. The highest BCUT2D eigenvalue weighted by Crippen LogP contribution is 2.44. The number of hydrogen-bond donors (Lipinski definition) is 1. The van der Waals surface area contributed by atoms with Crippen molar-refractivity contribution in [2.75, 3.05) is 0 Å². The summed E-state index contributed by atoms with van der Waals surface area (Å²) >= 11 is 0. The van der Waals surface area contributed by atoms with Gasteiger partial charge in [-0.15, -0.1) is 0 Å². The number of piperidine rings is 1. The normalized spacial score (nSPS) is 35.0. The van der Waals surface area contributed by atoms with Crippen molar-refractivity contribution in [2.45, 2.75) is 104 Å². The molecule has 1 heterocycles. The van der Waals surface area contributed by atoms with Gasteiger partial charge in [-0.3, -0.25) is 0 Å². The zero-order valence-electron chi connectivity index (χ0n) is 15.8. The van der Waals surface area contributed by atoms with E-state index in [9.17, 15) is 9.90 Å². The Labute approximate surface area is 141 Å². The third-order valence-electron chi connectivity index (χ3n) is 5.45. The Morgan fingerprint density at radius 1 is 1.22 bits per heavy atom. The van der Waals surface area contributed by atoms with Gasteiger partial charge < -0.3 is 14.7 Å². The Hall–Kier alpha value is -0.770. The van der Waals surface area contributed by atoms with Crippen LogP contribution in [0.4, 0.5) is 4.79 Å². The van der Waals surface area contributed by atoms with Gasteiger partial charge in [0.25, 0.3) is 0 Å². The Morgan fingerprint density at radius 2 is 1.87 bits per heavy atom. The number of aliphatic hydroxyl groups excluding tert-OH is 1. The van der Waals surface area contributed by atoms with Crippen LogP contribution in [-0.2, 0) is 4.74 Å². The van der Waals surface area contributed by atoms with Crippen molar-refractivity contribution < 1.29 is 14.6 Å². The van der Waals surface area contributed by atoms with Crippen LogP contribution in [0, 0.1) is 11.3 Å². The van der Waals surface area contributed by atoms with E-state index in [-0.39, 0.29) is 35.6 Å². The smallest absolute Gasteiger partial charge is 0.410 e. The topological polar surface area (TPSA) is 49.8 Å². The highest BCUT2D eigenvalue weighted by atomic mass is 16.6. The van der Waals surface area contributed by atoms with Crippen LogP contribution in [0.15, 0.2) is 0 Å². The second kappa shape index (κ2) is 6.62. The third kappa shape index (κ3) is 4.62. The molecule has 1 saturated heterocycles. The molecule has 0 aromatic carbocycles. The second-order valence-electron chi connectivity index (χ2n) is 9.37. The van der Waals surface area contributed by atoms with Crippen LogP contribution >= 0.6 is 0 Å². The number of hydrogen-bond acceptors (Lipinski definition) is 3. The summed E-state index contributed by atoms with van der Waals surface area (Å²) in [7, 11) is 0. The van der Waals surface area contributed by atoms with E-state index in [4.69, 9.17) is 4.74 Å². The summed E-state index contributed by atoms with van der Waals surface area (Å²) in [6.45, 7) is 12.4. The van der Waals surface area contributed by atoms with Crippen LogP contribution in [0.2, 0.25) is 0 Å². The monoisotopic (exact) mass is 325 g/mol. The SMILES string of the molecule is CC1CCCC(C2CC(C)(C)CCC2O)N1C(=O)OC(C)(C)C. The average molecular weight is 325 g/mol. The van der Waals surface area contributed by atoms with E-state index < -0.39 is 5.60 Å². The van der Waals surface area contributed by atoms with Gasteiger partial charge in [0, 0.05) is 18.0 Å². The van der Waals surface area contributed by atoms with E-state index in [0.29, 0.717) is 0 Å². The van der Waals surface area contributed by atoms with Gasteiger partial charge >= 0.3 is 6.09 Å². The molecule has 4 nitrogen and oxygen atoms in total. The lowest BCUT2D eigenvalue weighted by Crippen LogP contribution is -2.56. The van der Waals surface area contributed by atoms with Crippen LogP contribution in [0.3, 0.4) is 0 Å². The van der Waals surface area contributed by atoms with Crippen molar-refractivity contribution in [2.24, 2.45) is 11.3 Å². The molecule has 1 saturated carbocycles. The fraction of sp³-hybridized carbons (Fsp3) is 0.947. The maximum atomic E-state index is 12.8. The third-order valence-corrected chi connectivity index (χ3v) is 5.45. The first kappa shape index (κ1) is 18.6. The molecule has 4 unspecified atom stereocenters. The quantitative estimate of drug-likeness (QED) is 0.779. The molecule has 2 rings (SSSR count). The Morgan fingerprint density at radius 3 is 2.48 bits per heavy atom. The zero-order valence-corrected chi connectivity index (χ0v) is 15.8. The van der Waals surface area contributed by atoms with Crippen LogP contribution in [-0.4, -0.2) is 39.9 Å². The van der Waals surface area contributed by atoms with Crippen LogP contribution in [0.1, 0.15) is 80.1 Å². The van der Waals surface area contributed by atoms with Gasteiger partial charge in [0.05, 0.1) is 6.10 Å². The Balaban J connectivity index is 2.21. The molecule has 1 N–H and O–H groups in total. The summed E-state index contributed by atoms with van der Waals surface area (Å²) in [6, 6.07) is 0.281. The van der Waals surface area contributed by atoms with Gasteiger partial charge in [-0.25, -0.2) is 4.79 Å². The van der Waals surface area contributed by atoms with Crippen molar-refractivity contribution in [3.05, 3.63) is 0 Å². The molecule has 4 atom stereocenters. The Bertz CT molecular complexity index is 427. The predicted octanol–water partition coefficient (Wildman–Crippen LogP) is 4.35. The number of ether oxygens (including phenoxy) is 1. The first-order valence-corrected chi connectivity index (χ1v) is 9.19. The van der Waals surface area contributed by atoms with Gasteiger partial charge in [0.2, 0.25) is 0 Å². The number of rotatable bonds is 1. The lowest BCUT2D eigenvalue weighted by Gasteiger charge is -2.49. The number of carbonyl (C=O) groups is 1. The fourth-order valence-electron chi connectivity index (χ4n) is 4.30. The van der Waals surface area contributed by atoms with Gasteiger partial charge in [0.1, 0.15) is 5.60 Å². The highest BCUT2D eigenvalue weighted by Gasteiger charge is 2.45. The van der Waals surface area contributed by atoms with Crippen molar-refractivity contribution in [3.63, 3.8) is 0 Å². The molecule has 0 bridgehead atoms. The van der Waals surface area contributed by atoms with E-state index >= 15 is 0 Å². The van der Waals surface area contributed by atoms with Crippen LogP contribution in [0.5, 0.6) is 0 Å². The molecule has 23 heavy (non-hydrogen) atoms. The van der Waals surface area contributed by atoms with Gasteiger partial charge in [-0.1, -0.05) is 13.8 Å². The number of carbonyl (C=O) groups excluding carboxylic acids is 1. The molecule has 2 aliphatic rings. The summed E-state index contributed by atoms with van der Waals surface area (Å²) < 4.78 is 5.66. The number of likely N-dealkylation sites (tertiary alicyclic amines) is 1. The minimum Gasteiger partial charge on any atom is -0.444 e. The Kier molecular flexibility index (Phi) is 5.34. The predicted molar refractivity (Wildman–Crippen MR) is 92.3 cm³/mol. The molecule has 2 fully saturated rings. The van der Waals surface area contributed by atoms with E-state index in [1.807, 2.05) is 25.7 Å². The summed E-state index contributed by atoms with van der Waals surface area (Å²) in [6.07, 6.45) is 5.46.